The molecule has 0 aromatic carbocycles. The molecule has 1 atom stereocenters. The van der Waals surface area contributed by atoms with E-state index < -0.39 is 0 Å². The minimum Gasteiger partial charge on any atom is -0.375 e. The number of hydrogen-bond donors (Lipinski definition) is 0. The summed E-state index contributed by atoms with van der Waals surface area (Å²) >= 11 is 0. The molecule has 7 heteroatoms. The molecule has 0 bridgehead atoms. The number of rotatable bonds is 3. The maximum absolute atomic E-state index is 12.4. The van der Waals surface area contributed by atoms with Crippen molar-refractivity contribution in [2.75, 3.05) is 32.8 Å². The normalized spacial score (nSPS) is 23.1. The van der Waals surface area contributed by atoms with E-state index in [4.69, 9.17) is 4.74 Å². The Labute approximate surface area is 124 Å². The summed E-state index contributed by atoms with van der Waals surface area (Å²) in [6, 6.07) is 0. The van der Waals surface area contributed by atoms with E-state index in [9.17, 15) is 4.79 Å². The second-order valence-electron chi connectivity index (χ2n) is 5.77. The van der Waals surface area contributed by atoms with E-state index in [-0.39, 0.29) is 12.0 Å². The van der Waals surface area contributed by atoms with Gasteiger partial charge in [-0.25, -0.2) is 0 Å². The highest BCUT2D eigenvalue weighted by atomic mass is 16.5. The van der Waals surface area contributed by atoms with E-state index in [1.54, 1.807) is 0 Å². The van der Waals surface area contributed by atoms with Crippen LogP contribution in [-0.2, 0) is 22.6 Å². The van der Waals surface area contributed by atoms with Crippen molar-refractivity contribution in [3.63, 3.8) is 0 Å². The van der Waals surface area contributed by atoms with Gasteiger partial charge >= 0.3 is 0 Å². The second kappa shape index (κ2) is 6.11. The SMILES string of the molecule is CC[C@@H]1CN(C(=O)CN2CCn3c(C)nnc3C2)CCO1. The molecule has 7 nitrogen and oxygen atoms in total. The molecule has 116 valence electrons. The molecular formula is C14H23N5O2. The highest BCUT2D eigenvalue weighted by molar-refractivity contribution is 5.78. The summed E-state index contributed by atoms with van der Waals surface area (Å²) in [6.45, 7) is 9.04. The Bertz CT molecular complexity index is 515. The third-order valence-corrected chi connectivity index (χ3v) is 4.32. The zero-order valence-electron chi connectivity index (χ0n) is 12.8. The molecule has 0 aliphatic carbocycles. The summed E-state index contributed by atoms with van der Waals surface area (Å²) in [4.78, 5) is 16.5. The first-order valence-corrected chi connectivity index (χ1v) is 7.67. The number of fused-ring (bicyclic) bond motifs is 1. The Hall–Kier alpha value is -1.47. The van der Waals surface area contributed by atoms with Gasteiger partial charge in [-0.05, 0) is 13.3 Å². The molecule has 1 fully saturated rings. The Kier molecular flexibility index (Phi) is 4.21. The number of amides is 1. The molecule has 2 aliphatic heterocycles. The van der Waals surface area contributed by atoms with Crippen LogP contribution in [0.15, 0.2) is 0 Å². The average Bonchev–Trinajstić information content (AvgIpc) is 2.88. The second-order valence-corrected chi connectivity index (χ2v) is 5.77. The molecule has 3 rings (SSSR count). The van der Waals surface area contributed by atoms with Crippen molar-refractivity contribution in [3.8, 4) is 0 Å². The van der Waals surface area contributed by atoms with Gasteiger partial charge in [-0.1, -0.05) is 6.92 Å². The van der Waals surface area contributed by atoms with Gasteiger partial charge < -0.3 is 14.2 Å². The van der Waals surface area contributed by atoms with Crippen LogP contribution in [0.25, 0.3) is 0 Å². The molecule has 1 aromatic rings. The number of aromatic nitrogens is 3. The highest BCUT2D eigenvalue weighted by Gasteiger charge is 2.26. The number of aryl methyl sites for hydroxylation is 1. The number of ether oxygens (including phenoxy) is 1. The van der Waals surface area contributed by atoms with Gasteiger partial charge in [0.05, 0.1) is 25.8 Å². The van der Waals surface area contributed by atoms with E-state index in [1.165, 1.54) is 0 Å². The molecule has 1 saturated heterocycles. The fraction of sp³-hybridized carbons (Fsp3) is 0.786. The Morgan fingerprint density at radius 2 is 2.19 bits per heavy atom. The van der Waals surface area contributed by atoms with Gasteiger partial charge in [-0.15, -0.1) is 10.2 Å². The van der Waals surface area contributed by atoms with Crippen molar-refractivity contribution in [1.29, 1.82) is 0 Å². The van der Waals surface area contributed by atoms with Crippen LogP contribution in [0.5, 0.6) is 0 Å². The van der Waals surface area contributed by atoms with Crippen molar-refractivity contribution < 1.29 is 9.53 Å². The van der Waals surface area contributed by atoms with Crippen LogP contribution in [0.3, 0.4) is 0 Å². The Balaban J connectivity index is 1.56. The minimum absolute atomic E-state index is 0.190. The van der Waals surface area contributed by atoms with Crippen LogP contribution in [0.2, 0.25) is 0 Å². The van der Waals surface area contributed by atoms with Crippen molar-refractivity contribution in [2.45, 2.75) is 39.5 Å². The number of morpholine rings is 1. The first kappa shape index (κ1) is 14.5. The smallest absolute Gasteiger partial charge is 0.236 e. The fourth-order valence-corrected chi connectivity index (χ4v) is 2.97. The largest absolute Gasteiger partial charge is 0.375 e. The lowest BCUT2D eigenvalue weighted by Crippen LogP contribution is -2.49. The van der Waals surface area contributed by atoms with E-state index in [2.05, 4.69) is 26.6 Å². The van der Waals surface area contributed by atoms with Crippen LogP contribution in [0.4, 0.5) is 0 Å². The van der Waals surface area contributed by atoms with E-state index in [0.717, 1.165) is 37.7 Å². The molecule has 0 saturated carbocycles. The predicted molar refractivity (Wildman–Crippen MR) is 76.6 cm³/mol. The summed E-state index contributed by atoms with van der Waals surface area (Å²) < 4.78 is 7.75. The quantitative estimate of drug-likeness (QED) is 0.787. The van der Waals surface area contributed by atoms with Crippen molar-refractivity contribution in [2.24, 2.45) is 0 Å². The fourth-order valence-electron chi connectivity index (χ4n) is 2.97. The van der Waals surface area contributed by atoms with Gasteiger partial charge in [0.2, 0.25) is 5.91 Å². The molecule has 0 N–H and O–H groups in total. The number of carbonyl (C=O) groups is 1. The third-order valence-electron chi connectivity index (χ3n) is 4.32. The molecule has 21 heavy (non-hydrogen) atoms. The molecule has 0 spiro atoms. The van der Waals surface area contributed by atoms with Crippen molar-refractivity contribution in [3.05, 3.63) is 11.6 Å². The summed E-state index contributed by atoms with van der Waals surface area (Å²) in [6.07, 6.45) is 1.14. The number of nitrogens with zero attached hydrogens (tertiary/aromatic N) is 5. The monoisotopic (exact) mass is 293 g/mol. The molecule has 1 amide bonds. The number of hydrogen-bond acceptors (Lipinski definition) is 5. The Morgan fingerprint density at radius 1 is 1.33 bits per heavy atom. The minimum atomic E-state index is 0.190. The predicted octanol–water partition coefficient (Wildman–Crippen LogP) is 0.0395. The van der Waals surface area contributed by atoms with Crippen LogP contribution in [-0.4, -0.2) is 69.4 Å². The maximum Gasteiger partial charge on any atom is 0.236 e. The lowest BCUT2D eigenvalue weighted by molar-refractivity contribution is -0.140. The van der Waals surface area contributed by atoms with Crippen molar-refractivity contribution >= 4 is 5.91 Å². The summed E-state index contributed by atoms with van der Waals surface area (Å²) in [5.41, 5.74) is 0. The molecule has 0 unspecified atom stereocenters. The standard InChI is InChI=1S/C14H23N5O2/c1-3-12-8-18(6-7-21-12)14(20)10-17-4-5-19-11(2)15-16-13(19)9-17/h12H,3-10H2,1-2H3/t12-/m1/s1. The topological polar surface area (TPSA) is 63.5 Å². The summed E-state index contributed by atoms with van der Waals surface area (Å²) in [7, 11) is 0. The van der Waals surface area contributed by atoms with E-state index in [1.807, 2.05) is 11.8 Å². The van der Waals surface area contributed by atoms with E-state index >= 15 is 0 Å². The molecule has 2 aliphatic rings. The van der Waals surface area contributed by atoms with Crippen LogP contribution >= 0.6 is 0 Å². The number of carbonyl (C=O) groups excluding carboxylic acids is 1. The van der Waals surface area contributed by atoms with Crippen LogP contribution in [0, 0.1) is 6.92 Å². The molecule has 0 radical (unpaired) electrons. The lowest BCUT2D eigenvalue weighted by Gasteiger charge is -2.34. The van der Waals surface area contributed by atoms with E-state index in [0.29, 0.717) is 26.2 Å². The third kappa shape index (κ3) is 3.08. The van der Waals surface area contributed by atoms with Gasteiger partial charge in [0.1, 0.15) is 11.6 Å². The van der Waals surface area contributed by atoms with Gasteiger partial charge in [0.25, 0.3) is 0 Å². The first-order chi connectivity index (χ1) is 10.2. The molecule has 1 aromatic heterocycles. The van der Waals surface area contributed by atoms with Crippen LogP contribution < -0.4 is 0 Å². The average molecular weight is 293 g/mol. The molecule has 3 heterocycles. The zero-order valence-corrected chi connectivity index (χ0v) is 12.8. The lowest BCUT2D eigenvalue weighted by atomic mass is 10.2. The first-order valence-electron chi connectivity index (χ1n) is 7.67. The maximum atomic E-state index is 12.4. The Morgan fingerprint density at radius 3 is 3.00 bits per heavy atom. The van der Waals surface area contributed by atoms with Gasteiger partial charge in [-0.3, -0.25) is 9.69 Å². The summed E-state index contributed by atoms with van der Waals surface area (Å²) in [5, 5.41) is 8.28. The van der Waals surface area contributed by atoms with Crippen LogP contribution in [0.1, 0.15) is 25.0 Å². The van der Waals surface area contributed by atoms with Crippen molar-refractivity contribution in [1.82, 2.24) is 24.6 Å². The summed E-state index contributed by atoms with van der Waals surface area (Å²) in [5.74, 6) is 2.11. The highest BCUT2D eigenvalue weighted by Crippen LogP contribution is 2.13. The van der Waals surface area contributed by atoms with Gasteiger partial charge in [0.15, 0.2) is 0 Å². The zero-order chi connectivity index (χ0) is 14.8. The van der Waals surface area contributed by atoms with Gasteiger partial charge in [0, 0.05) is 26.2 Å². The molecular weight excluding hydrogens is 270 g/mol. The van der Waals surface area contributed by atoms with Gasteiger partial charge in [-0.2, -0.15) is 0 Å².